The highest BCUT2D eigenvalue weighted by Crippen LogP contribution is 2.36. The van der Waals surface area contributed by atoms with Gasteiger partial charge in [0.05, 0.1) is 24.8 Å². The number of hydrogen-bond acceptors (Lipinski definition) is 4. The van der Waals surface area contributed by atoms with Crippen molar-refractivity contribution >= 4 is 5.97 Å². The normalized spacial score (nSPS) is 12.1. The second-order valence-corrected chi connectivity index (χ2v) is 6.22. The van der Waals surface area contributed by atoms with E-state index in [2.05, 4.69) is 15.0 Å². The van der Waals surface area contributed by atoms with Gasteiger partial charge in [0, 0.05) is 5.56 Å². The fraction of sp³-hybridized carbons (Fsp3) is 0.211. The van der Waals surface area contributed by atoms with Gasteiger partial charge in [-0.2, -0.15) is 26.3 Å². The molecular formula is C19H13F6N3O2. The Morgan fingerprint density at radius 3 is 2.03 bits per heavy atom. The molecule has 158 valence electrons. The van der Waals surface area contributed by atoms with Crippen LogP contribution in [0, 0.1) is 0 Å². The van der Waals surface area contributed by atoms with Gasteiger partial charge in [0.15, 0.2) is 5.69 Å². The van der Waals surface area contributed by atoms with E-state index < -0.39 is 36.0 Å². The number of carbonyl (C=O) groups is 1. The Kier molecular flexibility index (Phi) is 5.55. The van der Waals surface area contributed by atoms with Gasteiger partial charge in [-0.1, -0.05) is 35.5 Å². The third kappa shape index (κ3) is 4.44. The molecule has 30 heavy (non-hydrogen) atoms. The lowest BCUT2D eigenvalue weighted by atomic mass is 10.0. The summed E-state index contributed by atoms with van der Waals surface area (Å²) < 4.78 is 84.4. The smallest absolute Gasteiger partial charge is 0.416 e. The number of alkyl halides is 6. The Hall–Kier alpha value is -3.37. The predicted molar refractivity (Wildman–Crippen MR) is 92.3 cm³/mol. The number of esters is 1. The van der Waals surface area contributed by atoms with Crippen LogP contribution >= 0.6 is 0 Å². The Bertz CT molecular complexity index is 1030. The zero-order valence-electron chi connectivity index (χ0n) is 15.3. The van der Waals surface area contributed by atoms with E-state index in [1.165, 1.54) is 0 Å². The number of nitrogens with zero attached hydrogens (tertiary/aromatic N) is 3. The molecule has 0 bridgehead atoms. The average molecular weight is 429 g/mol. The van der Waals surface area contributed by atoms with E-state index in [4.69, 9.17) is 0 Å². The van der Waals surface area contributed by atoms with E-state index >= 15 is 0 Å². The van der Waals surface area contributed by atoms with Gasteiger partial charge in [-0.15, -0.1) is 5.10 Å². The van der Waals surface area contributed by atoms with Crippen molar-refractivity contribution in [2.24, 2.45) is 0 Å². The van der Waals surface area contributed by atoms with Gasteiger partial charge in [-0.25, -0.2) is 9.48 Å². The third-order valence-corrected chi connectivity index (χ3v) is 4.14. The van der Waals surface area contributed by atoms with Crippen LogP contribution in [0.15, 0.2) is 48.5 Å². The standard InChI is InChI=1S/C19H13F6N3O2/c1-30-17(29)15-16(12-5-3-2-4-6-12)28(27-26-15)10-11-7-13(18(20,21)22)9-14(8-11)19(23,24)25/h2-9H,10H2,1H3. The molecule has 3 aromatic rings. The van der Waals surface area contributed by atoms with E-state index in [0.29, 0.717) is 17.7 Å². The summed E-state index contributed by atoms with van der Waals surface area (Å²) in [6.45, 7) is -0.485. The summed E-state index contributed by atoms with van der Waals surface area (Å²) >= 11 is 0. The van der Waals surface area contributed by atoms with Crippen molar-refractivity contribution in [3.05, 3.63) is 70.9 Å². The maximum atomic E-state index is 13.1. The van der Waals surface area contributed by atoms with Crippen molar-refractivity contribution < 1.29 is 35.9 Å². The highest BCUT2D eigenvalue weighted by atomic mass is 19.4. The van der Waals surface area contributed by atoms with Gasteiger partial charge in [-0.05, 0) is 23.8 Å². The molecular weight excluding hydrogens is 416 g/mol. The van der Waals surface area contributed by atoms with Crippen LogP contribution in [-0.4, -0.2) is 28.1 Å². The third-order valence-electron chi connectivity index (χ3n) is 4.14. The first-order valence-electron chi connectivity index (χ1n) is 8.36. The molecule has 0 aliphatic rings. The van der Waals surface area contributed by atoms with Crippen LogP contribution in [-0.2, 0) is 23.6 Å². The molecule has 0 saturated heterocycles. The molecule has 0 aliphatic heterocycles. The summed E-state index contributed by atoms with van der Waals surface area (Å²) in [6, 6.07) is 9.40. The lowest BCUT2D eigenvalue weighted by molar-refractivity contribution is -0.143. The summed E-state index contributed by atoms with van der Waals surface area (Å²) in [5.74, 6) is -0.847. The average Bonchev–Trinajstić information content (AvgIpc) is 3.10. The van der Waals surface area contributed by atoms with E-state index in [0.717, 1.165) is 11.8 Å². The van der Waals surface area contributed by atoms with Crippen LogP contribution in [0.4, 0.5) is 26.3 Å². The van der Waals surface area contributed by atoms with Crippen LogP contribution in [0.2, 0.25) is 0 Å². The fourth-order valence-corrected chi connectivity index (χ4v) is 2.82. The highest BCUT2D eigenvalue weighted by Gasteiger charge is 2.37. The van der Waals surface area contributed by atoms with E-state index in [1.54, 1.807) is 30.3 Å². The molecule has 5 nitrogen and oxygen atoms in total. The van der Waals surface area contributed by atoms with Crippen molar-refractivity contribution in [3.8, 4) is 11.3 Å². The number of methoxy groups -OCH3 is 1. The first-order chi connectivity index (χ1) is 14.0. The largest absolute Gasteiger partial charge is 0.464 e. The summed E-state index contributed by atoms with van der Waals surface area (Å²) in [7, 11) is 1.11. The Morgan fingerprint density at radius 1 is 0.967 bits per heavy atom. The minimum Gasteiger partial charge on any atom is -0.464 e. The molecule has 0 fully saturated rings. The lowest BCUT2D eigenvalue weighted by Gasteiger charge is -2.15. The van der Waals surface area contributed by atoms with Crippen molar-refractivity contribution in [1.82, 2.24) is 15.0 Å². The van der Waals surface area contributed by atoms with Gasteiger partial charge in [-0.3, -0.25) is 0 Å². The van der Waals surface area contributed by atoms with Gasteiger partial charge >= 0.3 is 18.3 Å². The van der Waals surface area contributed by atoms with E-state index in [9.17, 15) is 31.1 Å². The molecule has 0 N–H and O–H groups in total. The van der Waals surface area contributed by atoms with Crippen molar-refractivity contribution in [1.29, 1.82) is 0 Å². The van der Waals surface area contributed by atoms with Crippen LogP contribution in [0.3, 0.4) is 0 Å². The van der Waals surface area contributed by atoms with Crippen LogP contribution < -0.4 is 0 Å². The molecule has 0 aliphatic carbocycles. The van der Waals surface area contributed by atoms with Crippen molar-refractivity contribution in [2.75, 3.05) is 7.11 Å². The Morgan fingerprint density at radius 2 is 1.53 bits per heavy atom. The number of benzene rings is 2. The number of ether oxygens (including phenoxy) is 1. The summed E-state index contributed by atoms with van der Waals surface area (Å²) in [5.41, 5.74) is -2.87. The van der Waals surface area contributed by atoms with Crippen molar-refractivity contribution in [3.63, 3.8) is 0 Å². The quantitative estimate of drug-likeness (QED) is 0.441. The van der Waals surface area contributed by atoms with Gasteiger partial charge in [0.25, 0.3) is 0 Å². The first-order valence-corrected chi connectivity index (χ1v) is 8.36. The highest BCUT2D eigenvalue weighted by molar-refractivity contribution is 5.94. The molecule has 0 spiro atoms. The number of hydrogen-bond donors (Lipinski definition) is 0. The predicted octanol–water partition coefficient (Wildman–Crippen LogP) is 4.82. The molecule has 2 aromatic carbocycles. The minimum atomic E-state index is -4.97. The monoisotopic (exact) mass is 429 g/mol. The zero-order chi connectivity index (χ0) is 22.1. The SMILES string of the molecule is COC(=O)c1nnn(Cc2cc(C(F)(F)F)cc(C(F)(F)F)c2)c1-c1ccccc1. The summed E-state index contributed by atoms with van der Waals surface area (Å²) in [5, 5.41) is 7.44. The zero-order valence-corrected chi connectivity index (χ0v) is 15.3. The van der Waals surface area contributed by atoms with Crippen molar-refractivity contribution in [2.45, 2.75) is 18.9 Å². The van der Waals surface area contributed by atoms with Gasteiger partial charge in [0.1, 0.15) is 5.69 Å². The second-order valence-electron chi connectivity index (χ2n) is 6.22. The lowest BCUT2D eigenvalue weighted by Crippen LogP contribution is -2.13. The second kappa shape index (κ2) is 7.81. The number of rotatable bonds is 4. The maximum absolute atomic E-state index is 13.1. The number of aromatic nitrogens is 3. The fourth-order valence-electron chi connectivity index (χ4n) is 2.82. The van der Waals surface area contributed by atoms with Gasteiger partial charge in [0.2, 0.25) is 0 Å². The summed E-state index contributed by atoms with van der Waals surface area (Å²) in [4.78, 5) is 12.0. The molecule has 0 amide bonds. The Labute approximate surface area is 165 Å². The van der Waals surface area contributed by atoms with Crippen LogP contribution in [0.25, 0.3) is 11.3 Å². The molecule has 0 radical (unpaired) electrons. The van der Waals surface area contributed by atoms with Gasteiger partial charge < -0.3 is 4.74 Å². The minimum absolute atomic E-state index is 0.0445. The van der Waals surface area contributed by atoms with E-state index in [1.807, 2.05) is 0 Å². The molecule has 1 aromatic heterocycles. The summed E-state index contributed by atoms with van der Waals surface area (Å²) in [6.07, 6.45) is -9.95. The first kappa shape index (κ1) is 21.3. The molecule has 0 atom stereocenters. The topological polar surface area (TPSA) is 57.0 Å². The van der Waals surface area contributed by atoms with E-state index in [-0.39, 0.29) is 23.0 Å². The molecule has 11 heteroatoms. The number of halogens is 6. The number of carbonyl (C=O) groups excluding carboxylic acids is 1. The molecule has 3 rings (SSSR count). The molecule has 0 saturated carbocycles. The van der Waals surface area contributed by atoms with Crippen LogP contribution in [0.5, 0.6) is 0 Å². The molecule has 0 unspecified atom stereocenters. The maximum Gasteiger partial charge on any atom is 0.416 e. The van der Waals surface area contributed by atoms with Crippen LogP contribution in [0.1, 0.15) is 27.2 Å². The Balaban J connectivity index is 2.13. The molecule has 1 heterocycles.